The average Bonchev–Trinajstić information content (AvgIpc) is 3.07. The minimum Gasteiger partial charge on any atom is -0.308 e. The van der Waals surface area contributed by atoms with E-state index < -0.39 is 0 Å². The van der Waals surface area contributed by atoms with Gasteiger partial charge in [-0.1, -0.05) is 50.2 Å². The second-order valence-corrected chi connectivity index (χ2v) is 8.19. The van der Waals surface area contributed by atoms with Crippen molar-refractivity contribution in [2.45, 2.75) is 25.1 Å². The number of hydrogen-bond donors (Lipinski definition) is 1. The third-order valence-corrected chi connectivity index (χ3v) is 6.11. The molecule has 1 heterocycles. The van der Waals surface area contributed by atoms with Crippen molar-refractivity contribution in [3.05, 3.63) is 64.1 Å². The summed E-state index contributed by atoms with van der Waals surface area (Å²) in [6.07, 6.45) is 0. The van der Waals surface area contributed by atoms with Gasteiger partial charge in [-0.2, -0.15) is 0 Å². The Hall–Kier alpha value is -1.46. The topological polar surface area (TPSA) is 32.3 Å². The molecule has 0 spiro atoms. The Bertz CT molecular complexity index is 718. The molecule has 1 fully saturated rings. The number of anilines is 1. The van der Waals surface area contributed by atoms with Gasteiger partial charge in [0.05, 0.1) is 5.69 Å². The zero-order chi connectivity index (χ0) is 17.1. The van der Waals surface area contributed by atoms with Crippen LogP contribution < -0.4 is 5.32 Å². The monoisotopic (exact) mass is 404 g/mol. The Kier molecular flexibility index (Phi) is 5.51. The van der Waals surface area contributed by atoms with Gasteiger partial charge in [0.25, 0.3) is 0 Å². The maximum absolute atomic E-state index is 12.7. The standard InChI is InChI=1S/C19H21BrN2OS/c1-13(2)14-7-9-15(10-8-14)18-22(11-12-24-18)19(23)21-17-6-4-3-5-16(17)20/h3-10,13,18H,11-12H2,1-2H3,(H,21,23)/t18-/m1/s1. The third-order valence-electron chi connectivity index (χ3n) is 4.16. The van der Waals surface area contributed by atoms with Gasteiger partial charge in [0.1, 0.15) is 5.37 Å². The zero-order valence-corrected chi connectivity index (χ0v) is 16.2. The van der Waals surface area contributed by atoms with Gasteiger partial charge in [0.2, 0.25) is 0 Å². The number of benzene rings is 2. The van der Waals surface area contributed by atoms with E-state index in [0.717, 1.165) is 22.5 Å². The molecule has 0 radical (unpaired) electrons. The SMILES string of the molecule is CC(C)c1ccc([C@H]2SCCN2C(=O)Nc2ccccc2Br)cc1. The van der Waals surface area contributed by atoms with Crippen molar-refractivity contribution in [2.75, 3.05) is 17.6 Å². The maximum atomic E-state index is 12.7. The number of carbonyl (C=O) groups excluding carboxylic acids is 1. The lowest BCUT2D eigenvalue weighted by molar-refractivity contribution is 0.214. The molecule has 0 unspecified atom stereocenters. The molecule has 3 rings (SSSR count). The van der Waals surface area contributed by atoms with E-state index in [4.69, 9.17) is 0 Å². The second-order valence-electron chi connectivity index (χ2n) is 6.15. The molecule has 0 bridgehead atoms. The molecule has 24 heavy (non-hydrogen) atoms. The summed E-state index contributed by atoms with van der Waals surface area (Å²) in [5.41, 5.74) is 3.31. The predicted molar refractivity (Wildman–Crippen MR) is 106 cm³/mol. The highest BCUT2D eigenvalue weighted by Crippen LogP contribution is 2.38. The lowest BCUT2D eigenvalue weighted by Crippen LogP contribution is -2.34. The molecule has 126 valence electrons. The molecule has 1 N–H and O–H groups in total. The smallest absolute Gasteiger partial charge is 0.308 e. The van der Waals surface area contributed by atoms with E-state index in [1.54, 1.807) is 0 Å². The van der Waals surface area contributed by atoms with Crippen molar-refractivity contribution in [3.8, 4) is 0 Å². The Balaban J connectivity index is 1.75. The van der Waals surface area contributed by atoms with Gasteiger partial charge in [-0.3, -0.25) is 0 Å². The van der Waals surface area contributed by atoms with Gasteiger partial charge >= 0.3 is 6.03 Å². The van der Waals surface area contributed by atoms with Crippen LogP contribution in [-0.2, 0) is 0 Å². The summed E-state index contributed by atoms with van der Waals surface area (Å²) in [7, 11) is 0. The number of para-hydroxylation sites is 1. The molecule has 1 aliphatic heterocycles. The summed E-state index contributed by atoms with van der Waals surface area (Å²) in [5.74, 6) is 1.48. The first-order valence-corrected chi connectivity index (χ1v) is 9.94. The summed E-state index contributed by atoms with van der Waals surface area (Å²) in [4.78, 5) is 14.6. The number of halogens is 1. The fourth-order valence-corrected chi connectivity index (χ4v) is 4.39. The van der Waals surface area contributed by atoms with Crippen LogP contribution >= 0.6 is 27.7 Å². The number of urea groups is 1. The highest BCUT2D eigenvalue weighted by molar-refractivity contribution is 9.10. The van der Waals surface area contributed by atoms with E-state index >= 15 is 0 Å². The normalized spacial score (nSPS) is 17.3. The van der Waals surface area contributed by atoms with Crippen molar-refractivity contribution in [1.29, 1.82) is 0 Å². The number of nitrogens with one attached hydrogen (secondary N) is 1. The largest absolute Gasteiger partial charge is 0.323 e. The van der Waals surface area contributed by atoms with Crippen LogP contribution in [0, 0.1) is 0 Å². The first-order valence-electron chi connectivity index (χ1n) is 8.10. The molecule has 3 nitrogen and oxygen atoms in total. The molecule has 0 aromatic heterocycles. The van der Waals surface area contributed by atoms with E-state index in [1.165, 1.54) is 11.1 Å². The third kappa shape index (κ3) is 3.78. The first kappa shape index (κ1) is 17.4. The van der Waals surface area contributed by atoms with E-state index in [-0.39, 0.29) is 11.4 Å². The van der Waals surface area contributed by atoms with Crippen LogP contribution in [-0.4, -0.2) is 23.2 Å². The summed E-state index contributed by atoms with van der Waals surface area (Å²) in [6, 6.07) is 16.3. The van der Waals surface area contributed by atoms with Crippen LogP contribution in [0.25, 0.3) is 0 Å². The molecule has 1 aliphatic rings. The van der Waals surface area contributed by atoms with Crippen molar-refractivity contribution in [3.63, 3.8) is 0 Å². The van der Waals surface area contributed by atoms with Crippen LogP contribution in [0.15, 0.2) is 53.0 Å². The van der Waals surface area contributed by atoms with Gasteiger partial charge in [-0.05, 0) is 45.1 Å². The minimum absolute atomic E-state index is 0.0511. The zero-order valence-electron chi connectivity index (χ0n) is 13.8. The van der Waals surface area contributed by atoms with Gasteiger partial charge in [-0.15, -0.1) is 11.8 Å². The van der Waals surface area contributed by atoms with Crippen molar-refractivity contribution in [1.82, 2.24) is 4.90 Å². The maximum Gasteiger partial charge on any atom is 0.323 e. The minimum atomic E-state index is -0.0511. The Morgan fingerprint density at radius 1 is 1.21 bits per heavy atom. The molecule has 1 atom stereocenters. The van der Waals surface area contributed by atoms with Crippen LogP contribution in [0.4, 0.5) is 10.5 Å². The van der Waals surface area contributed by atoms with Crippen LogP contribution in [0.5, 0.6) is 0 Å². The van der Waals surface area contributed by atoms with Gasteiger partial charge in [-0.25, -0.2) is 4.79 Å². The van der Waals surface area contributed by atoms with Crippen LogP contribution in [0.2, 0.25) is 0 Å². The highest BCUT2D eigenvalue weighted by atomic mass is 79.9. The molecular formula is C19H21BrN2OS. The molecule has 2 amide bonds. The summed E-state index contributed by atoms with van der Waals surface area (Å²) >= 11 is 5.29. The number of hydrogen-bond acceptors (Lipinski definition) is 2. The van der Waals surface area contributed by atoms with Crippen LogP contribution in [0.1, 0.15) is 36.3 Å². The average molecular weight is 405 g/mol. The van der Waals surface area contributed by atoms with Gasteiger partial charge < -0.3 is 10.2 Å². The van der Waals surface area contributed by atoms with Crippen LogP contribution in [0.3, 0.4) is 0 Å². The van der Waals surface area contributed by atoms with Crippen molar-refractivity contribution >= 4 is 39.4 Å². The number of nitrogens with zero attached hydrogens (tertiary/aromatic N) is 1. The van der Waals surface area contributed by atoms with Crippen molar-refractivity contribution < 1.29 is 4.79 Å². The Morgan fingerprint density at radius 2 is 1.92 bits per heavy atom. The first-order chi connectivity index (χ1) is 11.6. The molecule has 1 saturated heterocycles. The Labute approximate surface area is 155 Å². The van der Waals surface area contributed by atoms with E-state index in [1.807, 2.05) is 40.9 Å². The van der Waals surface area contributed by atoms with Crippen molar-refractivity contribution in [2.24, 2.45) is 0 Å². The molecule has 0 saturated carbocycles. The summed E-state index contributed by atoms with van der Waals surface area (Å²) in [5, 5.41) is 3.09. The number of amides is 2. The lowest BCUT2D eigenvalue weighted by Gasteiger charge is -2.25. The lowest BCUT2D eigenvalue weighted by atomic mass is 10.0. The fourth-order valence-electron chi connectivity index (χ4n) is 2.75. The molecule has 0 aliphatic carbocycles. The number of rotatable bonds is 3. The fraction of sp³-hybridized carbons (Fsp3) is 0.316. The van der Waals surface area contributed by atoms with E-state index in [9.17, 15) is 4.79 Å². The van der Waals surface area contributed by atoms with Gasteiger partial charge in [0.15, 0.2) is 0 Å². The molecule has 5 heteroatoms. The highest BCUT2D eigenvalue weighted by Gasteiger charge is 2.30. The molecule has 2 aromatic rings. The number of thioether (sulfide) groups is 1. The van der Waals surface area contributed by atoms with E-state index in [0.29, 0.717) is 5.92 Å². The van der Waals surface area contributed by atoms with E-state index in [2.05, 4.69) is 59.4 Å². The quantitative estimate of drug-likeness (QED) is 0.695. The Morgan fingerprint density at radius 3 is 2.58 bits per heavy atom. The predicted octanol–water partition coefficient (Wildman–Crippen LogP) is 5.85. The van der Waals surface area contributed by atoms with Gasteiger partial charge in [0, 0.05) is 16.8 Å². The number of carbonyl (C=O) groups is 1. The summed E-state index contributed by atoms with van der Waals surface area (Å²) < 4.78 is 0.892. The second kappa shape index (κ2) is 7.62. The summed E-state index contributed by atoms with van der Waals surface area (Å²) in [6.45, 7) is 5.14. The molecular weight excluding hydrogens is 384 g/mol. The molecule has 2 aromatic carbocycles.